The lowest BCUT2D eigenvalue weighted by Gasteiger charge is -2.10. The minimum Gasteiger partial charge on any atom is -0.325 e. The van der Waals surface area contributed by atoms with Gasteiger partial charge < -0.3 is 5.32 Å². The molecule has 0 radical (unpaired) electrons. The summed E-state index contributed by atoms with van der Waals surface area (Å²) in [5, 5.41) is 10.3. The van der Waals surface area contributed by atoms with E-state index in [0.717, 1.165) is 28.5 Å². The Morgan fingerprint density at radius 2 is 2.10 bits per heavy atom. The van der Waals surface area contributed by atoms with Gasteiger partial charge in [-0.05, 0) is 49.4 Å². The van der Waals surface area contributed by atoms with Gasteiger partial charge in [0.25, 0.3) is 0 Å². The van der Waals surface area contributed by atoms with Crippen LogP contribution in [0.2, 0.25) is 0 Å². The van der Waals surface area contributed by atoms with Crippen molar-refractivity contribution < 1.29 is 4.79 Å². The quantitative estimate of drug-likeness (QED) is 0.909. The van der Waals surface area contributed by atoms with E-state index in [2.05, 4.69) is 33.5 Å². The van der Waals surface area contributed by atoms with Crippen LogP contribution in [0, 0.1) is 13.8 Å². The number of fused-ring (bicyclic) bond motifs is 1. The summed E-state index contributed by atoms with van der Waals surface area (Å²) in [4.78, 5) is 16.8. The number of nitrogens with zero attached hydrogens (tertiary/aromatic N) is 2. The van der Waals surface area contributed by atoms with E-state index >= 15 is 0 Å². The molecule has 21 heavy (non-hydrogen) atoms. The van der Waals surface area contributed by atoms with Gasteiger partial charge in [-0.3, -0.25) is 9.89 Å². The van der Waals surface area contributed by atoms with Crippen molar-refractivity contribution in [3.63, 3.8) is 0 Å². The fourth-order valence-corrected chi connectivity index (χ4v) is 3.21. The third-order valence-corrected chi connectivity index (χ3v) is 4.34. The van der Waals surface area contributed by atoms with Crippen molar-refractivity contribution >= 4 is 11.6 Å². The van der Waals surface area contributed by atoms with Crippen LogP contribution in [0.3, 0.4) is 0 Å². The smallest absolute Gasteiger partial charge is 0.232 e. The summed E-state index contributed by atoms with van der Waals surface area (Å²) in [5.74, 6) is 2.14. The lowest BCUT2D eigenvalue weighted by Crippen LogP contribution is -2.15. The second kappa shape index (κ2) is 4.41. The first-order chi connectivity index (χ1) is 10.1. The van der Waals surface area contributed by atoms with Crippen molar-refractivity contribution in [1.29, 1.82) is 0 Å². The summed E-state index contributed by atoms with van der Waals surface area (Å²) in [6, 6.07) is 4.17. The first-order valence-electron chi connectivity index (χ1n) is 7.45. The van der Waals surface area contributed by atoms with Crippen molar-refractivity contribution in [2.75, 3.05) is 5.32 Å². The molecule has 4 rings (SSSR count). The van der Waals surface area contributed by atoms with Crippen molar-refractivity contribution in [2.24, 2.45) is 0 Å². The molecule has 1 unspecified atom stereocenters. The third kappa shape index (κ3) is 2.13. The van der Waals surface area contributed by atoms with Crippen LogP contribution in [0.4, 0.5) is 5.69 Å². The number of amides is 1. The van der Waals surface area contributed by atoms with Gasteiger partial charge in [0.2, 0.25) is 5.91 Å². The average molecular weight is 282 g/mol. The van der Waals surface area contributed by atoms with Gasteiger partial charge in [0, 0.05) is 18.0 Å². The van der Waals surface area contributed by atoms with E-state index in [4.69, 9.17) is 0 Å². The SMILES string of the molecule is Cc1cc(C)c2c(c1)NC(=O)C2Cc1nc(C2CC2)n[nH]1. The molecule has 2 aliphatic rings. The predicted molar refractivity (Wildman–Crippen MR) is 79.3 cm³/mol. The highest BCUT2D eigenvalue weighted by Gasteiger charge is 2.34. The van der Waals surface area contributed by atoms with Crippen molar-refractivity contribution in [1.82, 2.24) is 15.2 Å². The summed E-state index contributed by atoms with van der Waals surface area (Å²) in [6.45, 7) is 4.11. The van der Waals surface area contributed by atoms with Crippen molar-refractivity contribution in [2.45, 2.75) is 44.9 Å². The molecular weight excluding hydrogens is 264 g/mol. The molecule has 2 N–H and O–H groups in total. The molecule has 0 saturated heterocycles. The second-order valence-corrected chi connectivity index (χ2v) is 6.20. The Kier molecular flexibility index (Phi) is 2.64. The largest absolute Gasteiger partial charge is 0.325 e. The number of carbonyl (C=O) groups is 1. The molecule has 1 aliphatic heterocycles. The molecule has 1 atom stereocenters. The Labute approximate surface area is 123 Å². The predicted octanol–water partition coefficient (Wildman–Crippen LogP) is 2.58. The van der Waals surface area contributed by atoms with E-state index in [1.54, 1.807) is 0 Å². The van der Waals surface area contributed by atoms with Crippen LogP contribution in [0.5, 0.6) is 0 Å². The van der Waals surface area contributed by atoms with Gasteiger partial charge in [-0.2, -0.15) is 5.10 Å². The monoisotopic (exact) mass is 282 g/mol. The molecule has 5 nitrogen and oxygen atoms in total. The zero-order chi connectivity index (χ0) is 14.6. The summed E-state index contributed by atoms with van der Waals surface area (Å²) in [5.41, 5.74) is 4.39. The molecule has 0 spiro atoms. The molecular formula is C16H18N4O. The van der Waals surface area contributed by atoms with Crippen LogP contribution in [0.1, 0.15) is 53.0 Å². The van der Waals surface area contributed by atoms with Gasteiger partial charge in [-0.15, -0.1) is 0 Å². The molecule has 1 saturated carbocycles. The maximum atomic E-state index is 12.3. The lowest BCUT2D eigenvalue weighted by atomic mass is 9.92. The fraction of sp³-hybridized carbons (Fsp3) is 0.438. The number of hydrogen-bond donors (Lipinski definition) is 2. The molecule has 5 heteroatoms. The lowest BCUT2D eigenvalue weighted by molar-refractivity contribution is -0.117. The zero-order valence-corrected chi connectivity index (χ0v) is 12.2. The fourth-order valence-electron chi connectivity index (χ4n) is 3.21. The van der Waals surface area contributed by atoms with E-state index in [-0.39, 0.29) is 11.8 Å². The number of nitrogens with one attached hydrogen (secondary N) is 2. The highest BCUT2D eigenvalue weighted by molar-refractivity contribution is 6.03. The Balaban J connectivity index is 1.64. The van der Waals surface area contributed by atoms with Crippen LogP contribution in [0.25, 0.3) is 0 Å². The maximum absolute atomic E-state index is 12.3. The molecule has 1 aromatic heterocycles. The van der Waals surface area contributed by atoms with Gasteiger partial charge in [0.15, 0.2) is 5.82 Å². The van der Waals surface area contributed by atoms with Crippen LogP contribution >= 0.6 is 0 Å². The first kappa shape index (κ1) is 12.6. The number of benzene rings is 1. The maximum Gasteiger partial charge on any atom is 0.232 e. The Hall–Kier alpha value is -2.17. The summed E-state index contributed by atoms with van der Waals surface area (Å²) in [6.07, 6.45) is 2.95. The highest BCUT2D eigenvalue weighted by Crippen LogP contribution is 2.39. The molecule has 108 valence electrons. The summed E-state index contributed by atoms with van der Waals surface area (Å²) >= 11 is 0. The molecule has 1 fully saturated rings. The van der Waals surface area contributed by atoms with Crippen molar-refractivity contribution in [3.8, 4) is 0 Å². The van der Waals surface area contributed by atoms with Gasteiger partial charge in [0.1, 0.15) is 5.82 Å². The topological polar surface area (TPSA) is 70.7 Å². The van der Waals surface area contributed by atoms with Crippen molar-refractivity contribution in [3.05, 3.63) is 40.5 Å². The number of carbonyl (C=O) groups excluding carboxylic acids is 1. The molecule has 1 aromatic carbocycles. The normalized spacial score (nSPS) is 20.5. The van der Waals surface area contributed by atoms with Crippen LogP contribution in [0.15, 0.2) is 12.1 Å². The Morgan fingerprint density at radius 3 is 2.86 bits per heavy atom. The molecule has 2 aromatic rings. The number of aromatic amines is 1. The highest BCUT2D eigenvalue weighted by atomic mass is 16.2. The molecule has 2 heterocycles. The number of H-pyrrole nitrogens is 1. The molecule has 0 bridgehead atoms. The van der Waals surface area contributed by atoms with Gasteiger partial charge >= 0.3 is 0 Å². The van der Waals surface area contributed by atoms with E-state index in [9.17, 15) is 4.79 Å². The van der Waals surface area contributed by atoms with E-state index in [0.29, 0.717) is 12.3 Å². The minimum atomic E-state index is -0.166. The van der Waals surface area contributed by atoms with Gasteiger partial charge in [-0.25, -0.2) is 4.98 Å². The van der Waals surface area contributed by atoms with Crippen LogP contribution < -0.4 is 5.32 Å². The minimum absolute atomic E-state index is 0.0584. The Morgan fingerprint density at radius 1 is 1.29 bits per heavy atom. The van der Waals surface area contributed by atoms with Crippen LogP contribution in [-0.2, 0) is 11.2 Å². The average Bonchev–Trinajstić information content (AvgIpc) is 3.09. The number of anilines is 1. The number of hydrogen-bond acceptors (Lipinski definition) is 3. The van der Waals surface area contributed by atoms with E-state index in [1.807, 2.05) is 13.0 Å². The van der Waals surface area contributed by atoms with Gasteiger partial charge in [0.05, 0.1) is 5.92 Å². The molecule has 1 amide bonds. The Bertz CT molecular complexity index is 730. The van der Waals surface area contributed by atoms with E-state index in [1.165, 1.54) is 18.4 Å². The number of aromatic nitrogens is 3. The zero-order valence-electron chi connectivity index (χ0n) is 12.2. The second-order valence-electron chi connectivity index (χ2n) is 6.20. The third-order valence-electron chi connectivity index (χ3n) is 4.34. The van der Waals surface area contributed by atoms with E-state index < -0.39 is 0 Å². The van der Waals surface area contributed by atoms with Gasteiger partial charge in [-0.1, -0.05) is 6.07 Å². The van der Waals surface area contributed by atoms with Crippen LogP contribution in [-0.4, -0.2) is 21.1 Å². The number of aryl methyl sites for hydroxylation is 2. The summed E-state index contributed by atoms with van der Waals surface area (Å²) < 4.78 is 0. The molecule has 1 aliphatic carbocycles. The standard InChI is InChI=1S/C16H18N4O/c1-8-5-9(2)14-11(16(21)17-12(14)6-8)7-13-18-15(20-19-13)10-3-4-10/h5-6,10-11H,3-4,7H2,1-2H3,(H,17,21)(H,18,19,20). The first-order valence-corrected chi connectivity index (χ1v) is 7.45. The summed E-state index contributed by atoms with van der Waals surface area (Å²) in [7, 11) is 0. The number of rotatable bonds is 3.